The third-order valence-corrected chi connectivity index (χ3v) is 5.20. The molecular formula is C16H25NOS. The number of hydrogen-bond acceptors (Lipinski definition) is 2. The predicted molar refractivity (Wildman–Crippen MR) is 83.4 cm³/mol. The van der Waals surface area contributed by atoms with E-state index in [1.54, 1.807) is 6.08 Å². The maximum atomic E-state index is 12.2. The minimum atomic E-state index is 0.182. The molecule has 1 aliphatic carbocycles. The number of hydrogen-bond donors (Lipinski definition) is 0. The Hall–Kier alpha value is -0.700. The quantitative estimate of drug-likeness (QED) is 0.719. The fourth-order valence-electron chi connectivity index (χ4n) is 3.05. The molecule has 0 aromatic rings. The summed E-state index contributed by atoms with van der Waals surface area (Å²) in [5.74, 6) is 2.33. The van der Waals surface area contributed by atoms with Crippen LogP contribution in [0.3, 0.4) is 0 Å². The monoisotopic (exact) mass is 279 g/mol. The fraction of sp³-hybridized carbons (Fsp3) is 0.688. The van der Waals surface area contributed by atoms with Crippen molar-refractivity contribution in [1.29, 1.82) is 0 Å². The van der Waals surface area contributed by atoms with Crippen LogP contribution in [-0.4, -0.2) is 35.4 Å². The zero-order valence-corrected chi connectivity index (χ0v) is 13.2. The molecule has 0 aromatic heterocycles. The number of rotatable bonds is 2. The lowest BCUT2D eigenvalue weighted by Crippen LogP contribution is -2.36. The van der Waals surface area contributed by atoms with E-state index in [1.165, 1.54) is 30.4 Å². The highest BCUT2D eigenvalue weighted by atomic mass is 32.2. The maximum Gasteiger partial charge on any atom is 0.246 e. The third-order valence-electron chi connectivity index (χ3n) is 4.26. The average molecular weight is 279 g/mol. The van der Waals surface area contributed by atoms with Crippen molar-refractivity contribution in [2.24, 2.45) is 5.41 Å². The molecule has 3 heteroatoms. The molecule has 2 rings (SSSR count). The number of amides is 1. The van der Waals surface area contributed by atoms with Crippen molar-refractivity contribution in [3.8, 4) is 0 Å². The number of thioether (sulfide) groups is 1. The predicted octanol–water partition coefficient (Wildman–Crippen LogP) is 3.64. The lowest BCUT2D eigenvalue weighted by Gasteiger charge is -2.33. The Morgan fingerprint density at radius 3 is 2.63 bits per heavy atom. The summed E-state index contributed by atoms with van der Waals surface area (Å²) in [5, 5.41) is 0. The van der Waals surface area contributed by atoms with Crippen LogP contribution >= 0.6 is 11.8 Å². The average Bonchev–Trinajstić information content (AvgIpc) is 2.38. The second-order valence-corrected chi connectivity index (χ2v) is 7.43. The lowest BCUT2D eigenvalue weighted by molar-refractivity contribution is -0.125. The Kier molecular flexibility index (Phi) is 4.77. The van der Waals surface area contributed by atoms with Crippen LogP contribution < -0.4 is 0 Å². The molecule has 0 atom stereocenters. The van der Waals surface area contributed by atoms with E-state index in [4.69, 9.17) is 0 Å². The smallest absolute Gasteiger partial charge is 0.246 e. The van der Waals surface area contributed by atoms with Crippen LogP contribution in [0.5, 0.6) is 0 Å². The van der Waals surface area contributed by atoms with E-state index in [0.717, 1.165) is 24.6 Å². The summed E-state index contributed by atoms with van der Waals surface area (Å²) in [6.07, 6.45) is 7.55. The van der Waals surface area contributed by atoms with Crippen molar-refractivity contribution in [1.82, 2.24) is 4.90 Å². The van der Waals surface area contributed by atoms with Gasteiger partial charge < -0.3 is 4.90 Å². The lowest BCUT2D eigenvalue weighted by atomic mass is 9.72. The minimum absolute atomic E-state index is 0.182. The molecule has 106 valence electrons. The van der Waals surface area contributed by atoms with Crippen molar-refractivity contribution >= 4 is 17.7 Å². The second-order valence-electron chi connectivity index (χ2n) is 6.20. The van der Waals surface area contributed by atoms with Crippen LogP contribution in [0.2, 0.25) is 0 Å². The van der Waals surface area contributed by atoms with Crippen molar-refractivity contribution in [3.05, 3.63) is 23.3 Å². The van der Waals surface area contributed by atoms with Gasteiger partial charge >= 0.3 is 0 Å². The zero-order chi connectivity index (χ0) is 13.9. The number of carbonyl (C=O) groups is 1. The van der Waals surface area contributed by atoms with Gasteiger partial charge in [-0.15, -0.1) is 0 Å². The molecule has 0 N–H and O–H groups in total. The SMILES string of the molecule is CC1=C(C=CC(=O)N2CCSCC2)C(C)(C)CCC1. The molecule has 2 aliphatic rings. The number of nitrogens with zero attached hydrogens (tertiary/aromatic N) is 1. The van der Waals surface area contributed by atoms with Crippen molar-refractivity contribution in [3.63, 3.8) is 0 Å². The van der Waals surface area contributed by atoms with Gasteiger partial charge in [0.1, 0.15) is 0 Å². The molecule has 1 heterocycles. The molecular weight excluding hydrogens is 254 g/mol. The van der Waals surface area contributed by atoms with Crippen LogP contribution in [0.4, 0.5) is 0 Å². The van der Waals surface area contributed by atoms with E-state index in [0.29, 0.717) is 0 Å². The minimum Gasteiger partial charge on any atom is -0.338 e. The molecule has 1 fully saturated rings. The molecule has 1 saturated heterocycles. The largest absolute Gasteiger partial charge is 0.338 e. The Balaban J connectivity index is 2.06. The second kappa shape index (κ2) is 6.17. The molecule has 1 amide bonds. The van der Waals surface area contributed by atoms with E-state index < -0.39 is 0 Å². The highest BCUT2D eigenvalue weighted by molar-refractivity contribution is 7.99. The standard InChI is InChI=1S/C16H25NOS/c1-13-5-4-8-16(2,3)14(13)6-7-15(18)17-9-11-19-12-10-17/h6-7H,4-5,8-12H2,1-3H3. The van der Waals surface area contributed by atoms with Crippen molar-refractivity contribution < 1.29 is 4.79 Å². The van der Waals surface area contributed by atoms with Crippen LogP contribution in [0, 0.1) is 5.41 Å². The molecule has 0 bridgehead atoms. The Morgan fingerprint density at radius 2 is 2.00 bits per heavy atom. The van der Waals surface area contributed by atoms with Gasteiger partial charge in [0.05, 0.1) is 0 Å². The summed E-state index contributed by atoms with van der Waals surface area (Å²) in [5.41, 5.74) is 3.05. The van der Waals surface area contributed by atoms with Crippen LogP contribution in [0.1, 0.15) is 40.0 Å². The summed E-state index contributed by atoms with van der Waals surface area (Å²) in [6.45, 7) is 8.59. The van der Waals surface area contributed by atoms with E-state index in [9.17, 15) is 4.79 Å². The summed E-state index contributed by atoms with van der Waals surface area (Å²) >= 11 is 1.94. The van der Waals surface area contributed by atoms with Crippen molar-refractivity contribution in [2.45, 2.75) is 40.0 Å². The normalized spacial score (nSPS) is 24.1. The van der Waals surface area contributed by atoms with Crippen LogP contribution in [0.25, 0.3) is 0 Å². The highest BCUT2D eigenvalue weighted by Gasteiger charge is 2.26. The van der Waals surface area contributed by atoms with E-state index >= 15 is 0 Å². The first-order valence-electron chi connectivity index (χ1n) is 7.26. The van der Waals surface area contributed by atoms with Gasteiger partial charge in [0.2, 0.25) is 5.91 Å². The number of allylic oxidation sites excluding steroid dienone is 3. The van der Waals surface area contributed by atoms with Gasteiger partial charge in [-0.1, -0.05) is 25.5 Å². The first-order valence-corrected chi connectivity index (χ1v) is 8.41. The van der Waals surface area contributed by atoms with Gasteiger partial charge in [-0.3, -0.25) is 4.79 Å². The van der Waals surface area contributed by atoms with Gasteiger partial charge in [0, 0.05) is 30.7 Å². The molecule has 2 nitrogen and oxygen atoms in total. The Bertz CT molecular complexity index is 403. The first kappa shape index (κ1) is 14.7. The van der Waals surface area contributed by atoms with E-state index in [-0.39, 0.29) is 11.3 Å². The molecule has 0 unspecified atom stereocenters. The molecule has 0 radical (unpaired) electrons. The summed E-state index contributed by atoms with van der Waals surface area (Å²) in [6, 6.07) is 0. The number of carbonyl (C=O) groups excluding carboxylic acids is 1. The molecule has 0 saturated carbocycles. The molecule has 1 aliphatic heterocycles. The Morgan fingerprint density at radius 1 is 1.32 bits per heavy atom. The van der Waals surface area contributed by atoms with Gasteiger partial charge in [-0.2, -0.15) is 11.8 Å². The van der Waals surface area contributed by atoms with E-state index in [2.05, 4.69) is 26.8 Å². The van der Waals surface area contributed by atoms with Gasteiger partial charge in [0.15, 0.2) is 0 Å². The van der Waals surface area contributed by atoms with Gasteiger partial charge in [-0.05, 0) is 37.2 Å². The first-order chi connectivity index (χ1) is 9.00. The highest BCUT2D eigenvalue weighted by Crippen LogP contribution is 2.40. The van der Waals surface area contributed by atoms with Crippen molar-refractivity contribution in [2.75, 3.05) is 24.6 Å². The zero-order valence-electron chi connectivity index (χ0n) is 12.4. The van der Waals surface area contributed by atoms with Gasteiger partial charge in [0.25, 0.3) is 0 Å². The summed E-state index contributed by atoms with van der Waals surface area (Å²) in [4.78, 5) is 14.1. The van der Waals surface area contributed by atoms with Crippen LogP contribution in [-0.2, 0) is 4.79 Å². The third kappa shape index (κ3) is 3.65. The van der Waals surface area contributed by atoms with Gasteiger partial charge in [-0.25, -0.2) is 0 Å². The molecule has 0 spiro atoms. The summed E-state index contributed by atoms with van der Waals surface area (Å²) in [7, 11) is 0. The summed E-state index contributed by atoms with van der Waals surface area (Å²) < 4.78 is 0. The van der Waals surface area contributed by atoms with E-state index in [1.807, 2.05) is 16.7 Å². The molecule has 0 aromatic carbocycles. The fourth-order valence-corrected chi connectivity index (χ4v) is 3.96. The Labute approximate surface area is 121 Å². The topological polar surface area (TPSA) is 20.3 Å². The molecule has 19 heavy (non-hydrogen) atoms. The maximum absolute atomic E-state index is 12.2. The van der Waals surface area contributed by atoms with Crippen LogP contribution in [0.15, 0.2) is 23.3 Å².